The van der Waals surface area contributed by atoms with Gasteiger partial charge in [0.15, 0.2) is 29.3 Å². The van der Waals surface area contributed by atoms with Crippen LogP contribution in [0.15, 0.2) is 36.4 Å². The molecule has 2 N–H and O–H groups in total. The van der Waals surface area contributed by atoms with E-state index in [2.05, 4.69) is 0 Å². The molecule has 3 aliphatic heterocycles. The molecule has 2 saturated heterocycles. The average molecular weight is 372 g/mol. The minimum atomic E-state index is -0.947. The van der Waals surface area contributed by atoms with Crippen LogP contribution >= 0.6 is 0 Å². The SMILES string of the molecule is COc1cc(C2OC(O)C3C(c4ccc5c(c4)OCO5)OCC23)ccc1O. The van der Waals surface area contributed by atoms with Crippen molar-refractivity contribution in [3.8, 4) is 23.0 Å². The zero-order valence-corrected chi connectivity index (χ0v) is 14.7. The van der Waals surface area contributed by atoms with E-state index >= 15 is 0 Å². The lowest BCUT2D eigenvalue weighted by Crippen LogP contribution is -2.22. The van der Waals surface area contributed by atoms with Gasteiger partial charge in [-0.15, -0.1) is 0 Å². The van der Waals surface area contributed by atoms with Gasteiger partial charge in [-0.05, 0) is 35.4 Å². The Morgan fingerprint density at radius 2 is 1.78 bits per heavy atom. The quantitative estimate of drug-likeness (QED) is 0.856. The van der Waals surface area contributed by atoms with Crippen molar-refractivity contribution in [3.05, 3.63) is 47.5 Å². The van der Waals surface area contributed by atoms with E-state index < -0.39 is 6.29 Å². The Kier molecular flexibility index (Phi) is 3.89. The van der Waals surface area contributed by atoms with Crippen LogP contribution < -0.4 is 14.2 Å². The van der Waals surface area contributed by atoms with Crippen LogP contribution in [0.3, 0.4) is 0 Å². The van der Waals surface area contributed by atoms with Crippen LogP contribution in [0.1, 0.15) is 23.3 Å². The molecule has 0 aliphatic carbocycles. The highest BCUT2D eigenvalue weighted by atomic mass is 16.7. The van der Waals surface area contributed by atoms with E-state index in [-0.39, 0.29) is 36.6 Å². The Morgan fingerprint density at radius 1 is 1.00 bits per heavy atom. The molecule has 142 valence electrons. The molecule has 7 nitrogen and oxygen atoms in total. The first-order valence-corrected chi connectivity index (χ1v) is 8.87. The summed E-state index contributed by atoms with van der Waals surface area (Å²) in [6.07, 6.45) is -1.57. The summed E-state index contributed by atoms with van der Waals surface area (Å²) in [4.78, 5) is 0. The molecule has 0 spiro atoms. The zero-order chi connectivity index (χ0) is 18.5. The molecule has 2 fully saturated rings. The number of rotatable bonds is 3. The largest absolute Gasteiger partial charge is 0.504 e. The molecule has 27 heavy (non-hydrogen) atoms. The van der Waals surface area contributed by atoms with Crippen LogP contribution in [-0.2, 0) is 9.47 Å². The van der Waals surface area contributed by atoms with Gasteiger partial charge >= 0.3 is 0 Å². The summed E-state index contributed by atoms with van der Waals surface area (Å²) in [6, 6.07) is 10.8. The van der Waals surface area contributed by atoms with Crippen molar-refractivity contribution < 1.29 is 33.9 Å². The van der Waals surface area contributed by atoms with Gasteiger partial charge in [0.2, 0.25) is 6.79 Å². The maximum atomic E-state index is 10.6. The van der Waals surface area contributed by atoms with Crippen LogP contribution in [0.5, 0.6) is 23.0 Å². The Bertz CT molecular complexity index is 858. The molecular formula is C20H20O7. The minimum Gasteiger partial charge on any atom is -0.504 e. The van der Waals surface area contributed by atoms with Gasteiger partial charge < -0.3 is 33.9 Å². The fraction of sp³-hybridized carbons (Fsp3) is 0.400. The smallest absolute Gasteiger partial charge is 0.231 e. The summed E-state index contributed by atoms with van der Waals surface area (Å²) < 4.78 is 27.9. The third-order valence-electron chi connectivity index (χ3n) is 5.57. The van der Waals surface area contributed by atoms with E-state index in [1.165, 1.54) is 7.11 Å². The van der Waals surface area contributed by atoms with Gasteiger partial charge in [0.1, 0.15) is 0 Å². The van der Waals surface area contributed by atoms with Crippen LogP contribution in [0, 0.1) is 11.8 Å². The van der Waals surface area contributed by atoms with Gasteiger partial charge in [-0.2, -0.15) is 0 Å². The number of aliphatic hydroxyl groups is 1. The molecule has 0 saturated carbocycles. The number of benzene rings is 2. The van der Waals surface area contributed by atoms with Crippen molar-refractivity contribution in [2.24, 2.45) is 11.8 Å². The Hall–Kier alpha value is -2.48. The molecule has 5 unspecified atom stereocenters. The van der Waals surface area contributed by atoms with Crippen molar-refractivity contribution in [3.63, 3.8) is 0 Å². The maximum Gasteiger partial charge on any atom is 0.231 e. The summed E-state index contributed by atoms with van der Waals surface area (Å²) >= 11 is 0. The number of aromatic hydroxyl groups is 1. The molecule has 5 rings (SSSR count). The lowest BCUT2D eigenvalue weighted by atomic mass is 9.84. The molecule has 3 aliphatic rings. The molecule has 2 aromatic rings. The standard InChI is InChI=1S/C20H20O7/c1-23-15-6-10(2-4-13(15)21)18-12-8-24-19(17(12)20(22)27-18)11-3-5-14-16(7-11)26-9-25-14/h2-7,12,17-22H,8-9H2,1H3. The molecule has 2 aromatic carbocycles. The highest BCUT2D eigenvalue weighted by Crippen LogP contribution is 2.53. The summed E-state index contributed by atoms with van der Waals surface area (Å²) in [6.45, 7) is 0.682. The highest BCUT2D eigenvalue weighted by Gasteiger charge is 2.53. The molecule has 5 atom stereocenters. The van der Waals surface area contributed by atoms with Crippen molar-refractivity contribution in [2.45, 2.75) is 18.5 Å². The number of hydrogen-bond donors (Lipinski definition) is 2. The number of hydrogen-bond acceptors (Lipinski definition) is 7. The summed E-state index contributed by atoms with van der Waals surface area (Å²) in [7, 11) is 1.50. The molecule has 0 bridgehead atoms. The Morgan fingerprint density at radius 3 is 2.63 bits per heavy atom. The topological polar surface area (TPSA) is 86.6 Å². The predicted molar refractivity (Wildman–Crippen MR) is 92.7 cm³/mol. The van der Waals surface area contributed by atoms with Crippen molar-refractivity contribution >= 4 is 0 Å². The van der Waals surface area contributed by atoms with E-state index in [4.69, 9.17) is 23.7 Å². The average Bonchev–Trinajstić information content (AvgIpc) is 3.38. The monoisotopic (exact) mass is 372 g/mol. The maximum absolute atomic E-state index is 10.6. The number of phenolic OH excluding ortho intramolecular Hbond substituents is 1. The lowest BCUT2D eigenvalue weighted by Gasteiger charge is -2.20. The van der Waals surface area contributed by atoms with Crippen molar-refractivity contribution in [1.29, 1.82) is 0 Å². The fourth-order valence-electron chi connectivity index (χ4n) is 4.26. The van der Waals surface area contributed by atoms with Crippen LogP contribution in [0.4, 0.5) is 0 Å². The highest BCUT2D eigenvalue weighted by molar-refractivity contribution is 5.46. The third kappa shape index (κ3) is 2.62. The number of methoxy groups -OCH3 is 1. The minimum absolute atomic E-state index is 0.00956. The first kappa shape index (κ1) is 16.7. The molecule has 0 radical (unpaired) electrons. The summed E-state index contributed by atoms with van der Waals surface area (Å²) in [5, 5.41) is 20.4. The van der Waals surface area contributed by atoms with Crippen LogP contribution in [0.25, 0.3) is 0 Å². The fourth-order valence-corrected chi connectivity index (χ4v) is 4.26. The van der Waals surface area contributed by atoms with Gasteiger partial charge in [-0.1, -0.05) is 12.1 Å². The summed E-state index contributed by atoms with van der Waals surface area (Å²) in [5.74, 6) is 1.63. The third-order valence-corrected chi connectivity index (χ3v) is 5.57. The van der Waals surface area contributed by atoms with E-state index in [0.717, 1.165) is 11.1 Å². The zero-order valence-electron chi connectivity index (χ0n) is 14.7. The molecule has 7 heteroatoms. The molecular weight excluding hydrogens is 352 g/mol. The van der Waals surface area contributed by atoms with E-state index in [1.807, 2.05) is 18.2 Å². The lowest BCUT2D eigenvalue weighted by molar-refractivity contribution is -0.134. The van der Waals surface area contributed by atoms with E-state index in [1.54, 1.807) is 18.2 Å². The van der Waals surface area contributed by atoms with Crippen molar-refractivity contribution in [2.75, 3.05) is 20.5 Å². The van der Waals surface area contributed by atoms with Gasteiger partial charge in [0.25, 0.3) is 0 Å². The van der Waals surface area contributed by atoms with Gasteiger partial charge in [0.05, 0.1) is 25.9 Å². The van der Waals surface area contributed by atoms with Gasteiger partial charge in [-0.25, -0.2) is 0 Å². The first-order valence-electron chi connectivity index (χ1n) is 8.87. The number of aliphatic hydroxyl groups excluding tert-OH is 1. The second-order valence-electron chi connectivity index (χ2n) is 6.99. The van der Waals surface area contributed by atoms with E-state index in [9.17, 15) is 10.2 Å². The van der Waals surface area contributed by atoms with Gasteiger partial charge in [0, 0.05) is 11.8 Å². The number of ether oxygens (including phenoxy) is 5. The Labute approximate surface area is 156 Å². The van der Waals surface area contributed by atoms with E-state index in [0.29, 0.717) is 23.9 Å². The Balaban J connectivity index is 1.43. The molecule has 0 aromatic heterocycles. The molecule has 3 heterocycles. The normalized spacial score (nSPS) is 31.1. The van der Waals surface area contributed by atoms with Crippen LogP contribution in [-0.4, -0.2) is 37.0 Å². The van der Waals surface area contributed by atoms with Gasteiger partial charge in [-0.3, -0.25) is 0 Å². The number of fused-ring (bicyclic) bond motifs is 2. The number of phenols is 1. The predicted octanol–water partition coefficient (Wildman–Crippen LogP) is 2.52. The first-order chi connectivity index (χ1) is 13.2. The molecule has 0 amide bonds. The van der Waals surface area contributed by atoms with Crippen LogP contribution in [0.2, 0.25) is 0 Å². The summed E-state index contributed by atoms with van der Waals surface area (Å²) in [5.41, 5.74) is 1.77. The van der Waals surface area contributed by atoms with Crippen molar-refractivity contribution in [1.82, 2.24) is 0 Å². The second-order valence-corrected chi connectivity index (χ2v) is 6.99. The second kappa shape index (κ2) is 6.30.